The van der Waals surface area contributed by atoms with Gasteiger partial charge in [-0.15, -0.1) is 0 Å². The number of rotatable bonds is 14. The van der Waals surface area contributed by atoms with E-state index in [1.807, 2.05) is 0 Å². The lowest BCUT2D eigenvalue weighted by Gasteiger charge is -2.20. The molecule has 5 atom stereocenters. The van der Waals surface area contributed by atoms with E-state index in [-0.39, 0.29) is 47.6 Å². The molecule has 21 nitrogen and oxygen atoms in total. The predicted molar refractivity (Wildman–Crippen MR) is 184 cm³/mol. The third kappa shape index (κ3) is 9.52. The minimum atomic E-state index is -1.36. The zero-order valence-electron chi connectivity index (χ0n) is 28.3. The third-order valence-electron chi connectivity index (χ3n) is 8.03. The van der Waals surface area contributed by atoms with Gasteiger partial charge in [0.25, 0.3) is 17.0 Å². The lowest BCUT2D eigenvalue weighted by atomic mass is 10.1. The average molecular weight is 737 g/mol. The molecule has 280 valence electrons. The summed E-state index contributed by atoms with van der Waals surface area (Å²) in [6, 6.07) is 3.87. The number of carboxylic acid groups (broad SMARTS) is 1. The summed E-state index contributed by atoms with van der Waals surface area (Å²) in [4.78, 5) is 103. The number of aliphatic hydroxyl groups excluding tert-OH is 1. The van der Waals surface area contributed by atoms with Crippen molar-refractivity contribution in [1.29, 1.82) is 0 Å². The number of aromatic nitrogens is 6. The molecule has 5 rings (SSSR count). The molecule has 1 saturated heterocycles. The summed E-state index contributed by atoms with van der Waals surface area (Å²) in [6.07, 6.45) is -1.26. The summed E-state index contributed by atoms with van der Waals surface area (Å²) >= 11 is 0. The lowest BCUT2D eigenvalue weighted by Crippen LogP contribution is -2.43. The molecule has 2 amide bonds. The average Bonchev–Trinajstić information content (AvgIpc) is 3.49. The summed E-state index contributed by atoms with van der Waals surface area (Å²) in [5, 5.41) is 27.6. The molecule has 1 fully saturated rings. The van der Waals surface area contributed by atoms with Crippen molar-refractivity contribution < 1.29 is 38.9 Å². The van der Waals surface area contributed by atoms with Crippen LogP contribution >= 0.6 is 0 Å². The highest BCUT2D eigenvalue weighted by Gasteiger charge is 2.37. The van der Waals surface area contributed by atoms with Crippen molar-refractivity contribution in [2.24, 2.45) is 5.73 Å². The monoisotopic (exact) mass is 736 g/mol. The molecule has 1 aromatic carbocycles. The first kappa shape index (κ1) is 37.9. The Labute approximate surface area is 298 Å². The summed E-state index contributed by atoms with van der Waals surface area (Å²) in [6.45, 7) is 2.63. The molecule has 1 unspecified atom stereocenters. The number of carboxylic acids is 1. The number of esters is 1. The Kier molecular flexibility index (Phi) is 11.7. The van der Waals surface area contributed by atoms with Crippen LogP contribution in [0.4, 0.5) is 11.6 Å². The lowest BCUT2D eigenvalue weighted by molar-refractivity contribution is -0.152. The van der Waals surface area contributed by atoms with Crippen molar-refractivity contribution in [1.82, 2.24) is 34.8 Å². The van der Waals surface area contributed by atoms with E-state index >= 15 is 0 Å². The van der Waals surface area contributed by atoms with Crippen LogP contribution in [0.1, 0.15) is 54.0 Å². The van der Waals surface area contributed by atoms with E-state index < -0.39 is 84.1 Å². The first-order valence-corrected chi connectivity index (χ1v) is 16.2. The van der Waals surface area contributed by atoms with E-state index in [0.717, 1.165) is 4.57 Å². The first-order chi connectivity index (χ1) is 25.2. The topological polar surface area (TPSA) is 316 Å². The molecular weight excluding hydrogens is 700 g/mol. The van der Waals surface area contributed by atoms with Gasteiger partial charge in [0.2, 0.25) is 11.9 Å². The molecule has 1 aliphatic heterocycles. The molecule has 0 spiro atoms. The molecule has 3 aromatic heterocycles. The van der Waals surface area contributed by atoms with Crippen LogP contribution in [0.15, 0.2) is 51.0 Å². The van der Waals surface area contributed by atoms with Crippen LogP contribution in [-0.4, -0.2) is 94.4 Å². The number of aryl methyl sites for hydroxylation is 1. The van der Waals surface area contributed by atoms with Gasteiger partial charge in [0, 0.05) is 35.9 Å². The SMILES string of the molecule is Cc1cn([C@H]2C[C@H](O)[C@@H](COC(=O)C(CCC(=O)O)NC(=O)c3ccc(NCc4cnc5nc(NC(=O)[C@H](C)N)[nH]c(=O)c5n4)cc3)O2)c(=O)[nH]c1=O. The fraction of sp³-hybridized carbons (Fsp3) is 0.375. The molecule has 4 aromatic rings. The van der Waals surface area contributed by atoms with E-state index in [0.29, 0.717) is 11.4 Å². The number of benzene rings is 1. The molecule has 0 bridgehead atoms. The quantitative estimate of drug-likeness (QED) is 0.0692. The van der Waals surface area contributed by atoms with Crippen molar-refractivity contribution >= 4 is 46.6 Å². The zero-order chi connectivity index (χ0) is 38.4. The van der Waals surface area contributed by atoms with E-state index in [1.165, 1.54) is 38.4 Å². The maximum absolute atomic E-state index is 13.1. The van der Waals surface area contributed by atoms with Crippen molar-refractivity contribution in [2.45, 2.75) is 70.2 Å². The number of nitrogens with one attached hydrogen (secondary N) is 5. The van der Waals surface area contributed by atoms with E-state index in [4.69, 9.17) is 15.2 Å². The van der Waals surface area contributed by atoms with Gasteiger partial charge in [-0.2, -0.15) is 4.98 Å². The summed E-state index contributed by atoms with van der Waals surface area (Å²) in [7, 11) is 0. The Bertz CT molecular complexity index is 2200. The maximum atomic E-state index is 13.1. The number of carbonyl (C=O) groups is 4. The second-order valence-electron chi connectivity index (χ2n) is 12.2. The molecule has 4 heterocycles. The largest absolute Gasteiger partial charge is 0.481 e. The van der Waals surface area contributed by atoms with Gasteiger partial charge in [0.05, 0.1) is 30.6 Å². The molecule has 0 saturated carbocycles. The van der Waals surface area contributed by atoms with Gasteiger partial charge in [0.1, 0.15) is 25.0 Å². The summed E-state index contributed by atoms with van der Waals surface area (Å²) in [5.74, 6) is -3.54. The van der Waals surface area contributed by atoms with Crippen LogP contribution in [0.25, 0.3) is 11.2 Å². The number of nitrogens with two attached hydrogens (primary N) is 1. The second-order valence-corrected chi connectivity index (χ2v) is 12.2. The Balaban J connectivity index is 1.17. The summed E-state index contributed by atoms with van der Waals surface area (Å²) < 4.78 is 12.1. The number of aliphatic hydroxyl groups is 1. The molecule has 9 N–H and O–H groups in total. The number of amides is 2. The van der Waals surface area contributed by atoms with Crippen LogP contribution in [0, 0.1) is 6.92 Å². The Hall–Kier alpha value is -6.32. The van der Waals surface area contributed by atoms with Gasteiger partial charge in [0.15, 0.2) is 11.2 Å². The molecule has 21 heteroatoms. The Morgan fingerprint density at radius 3 is 2.55 bits per heavy atom. The van der Waals surface area contributed by atoms with Crippen LogP contribution in [0.2, 0.25) is 0 Å². The van der Waals surface area contributed by atoms with Crippen LogP contribution in [0.3, 0.4) is 0 Å². The number of ether oxygens (including phenoxy) is 2. The highest BCUT2D eigenvalue weighted by molar-refractivity contribution is 5.97. The number of hydrogen-bond donors (Lipinski definition) is 8. The molecular formula is C32H36N10O11. The fourth-order valence-electron chi connectivity index (χ4n) is 5.12. The smallest absolute Gasteiger partial charge is 0.330 e. The van der Waals surface area contributed by atoms with Gasteiger partial charge >= 0.3 is 17.6 Å². The van der Waals surface area contributed by atoms with Crippen LogP contribution in [0.5, 0.6) is 0 Å². The number of aliphatic carboxylic acids is 1. The van der Waals surface area contributed by atoms with Crippen LogP contribution < -0.4 is 38.5 Å². The zero-order valence-corrected chi connectivity index (χ0v) is 28.3. The number of carbonyl (C=O) groups excluding carboxylic acids is 3. The molecule has 53 heavy (non-hydrogen) atoms. The van der Waals surface area contributed by atoms with Gasteiger partial charge < -0.3 is 36.1 Å². The van der Waals surface area contributed by atoms with Gasteiger partial charge in [-0.1, -0.05) is 0 Å². The summed E-state index contributed by atoms with van der Waals surface area (Å²) in [5.41, 5.74) is 4.86. The fourth-order valence-corrected chi connectivity index (χ4v) is 5.12. The van der Waals surface area contributed by atoms with E-state index in [1.54, 1.807) is 12.1 Å². The molecule has 0 radical (unpaired) electrons. The van der Waals surface area contributed by atoms with Crippen molar-refractivity contribution in [3.05, 3.63) is 84.7 Å². The van der Waals surface area contributed by atoms with Gasteiger partial charge in [-0.25, -0.2) is 19.6 Å². The standard InChI is InChI=1S/C32H36N10O11/c1-14-12-42(32(51)41-26(14)46)22-9-20(43)21(53-22)13-52-30(50)19(7-8-23(44)45)37-28(48)16-3-5-17(6-4-16)34-10-18-11-35-25-24(36-18)29(49)40-31(38-25)39-27(47)15(2)33/h3-6,11-12,15,19-22,34,43H,7-10,13,33H2,1-2H3,(H,37,48)(H,44,45)(H,41,46,51)(H2,35,38,39,40,47,49)/t15-,19?,20-,21+,22+/m0/s1. The Morgan fingerprint density at radius 1 is 1.11 bits per heavy atom. The highest BCUT2D eigenvalue weighted by Crippen LogP contribution is 2.28. The third-order valence-corrected chi connectivity index (χ3v) is 8.03. The predicted octanol–water partition coefficient (Wildman–Crippen LogP) is -1.38. The minimum Gasteiger partial charge on any atom is -0.481 e. The van der Waals surface area contributed by atoms with Gasteiger partial charge in [-0.3, -0.25) is 43.8 Å². The number of fused-ring (bicyclic) bond motifs is 1. The molecule has 0 aliphatic carbocycles. The van der Waals surface area contributed by atoms with Gasteiger partial charge in [-0.05, 0) is 44.5 Å². The highest BCUT2D eigenvalue weighted by atomic mass is 16.6. The normalized spacial score (nSPS) is 17.8. The number of nitrogens with zero attached hydrogens (tertiary/aromatic N) is 4. The number of aromatic amines is 2. The van der Waals surface area contributed by atoms with Crippen LogP contribution in [-0.2, 0) is 30.4 Å². The molecule has 1 aliphatic rings. The number of anilines is 2. The second kappa shape index (κ2) is 16.4. The maximum Gasteiger partial charge on any atom is 0.330 e. The van der Waals surface area contributed by atoms with E-state index in [9.17, 15) is 43.8 Å². The number of H-pyrrole nitrogens is 2. The Morgan fingerprint density at radius 2 is 1.85 bits per heavy atom. The first-order valence-electron chi connectivity index (χ1n) is 16.2. The van der Waals surface area contributed by atoms with E-state index in [2.05, 4.69) is 40.9 Å². The van der Waals surface area contributed by atoms with Crippen molar-refractivity contribution in [3.8, 4) is 0 Å². The number of hydrogen-bond acceptors (Lipinski definition) is 15. The van der Waals surface area contributed by atoms with Crippen molar-refractivity contribution in [2.75, 3.05) is 17.2 Å². The van der Waals surface area contributed by atoms with Crippen molar-refractivity contribution in [3.63, 3.8) is 0 Å². The minimum absolute atomic E-state index is 0.00665.